The first-order chi connectivity index (χ1) is 9.62. The summed E-state index contributed by atoms with van der Waals surface area (Å²) < 4.78 is 0. The lowest BCUT2D eigenvalue weighted by atomic mass is 9.96. The largest absolute Gasteiger partial charge is 0.359 e. The Morgan fingerprint density at radius 1 is 1.35 bits per heavy atom. The number of nitrogens with zero attached hydrogens (tertiary/aromatic N) is 3. The number of pyridine rings is 1. The van der Waals surface area contributed by atoms with Crippen molar-refractivity contribution in [1.82, 2.24) is 9.88 Å². The molecule has 0 amide bonds. The molecular formula is C16H28N4. The minimum atomic E-state index is 0.588. The fourth-order valence-electron chi connectivity index (χ4n) is 2.85. The van der Waals surface area contributed by atoms with E-state index in [0.717, 1.165) is 30.4 Å². The van der Waals surface area contributed by atoms with Crippen LogP contribution < -0.4 is 10.6 Å². The van der Waals surface area contributed by atoms with Crippen molar-refractivity contribution in [3.8, 4) is 0 Å². The summed E-state index contributed by atoms with van der Waals surface area (Å²) in [6, 6.07) is 4.25. The molecule has 1 fully saturated rings. The van der Waals surface area contributed by atoms with Gasteiger partial charge in [0.2, 0.25) is 0 Å². The number of aryl methyl sites for hydroxylation is 1. The SMILES string of the molecule is CCc1cc(CN)cc(N(C)CC2CCN(C)CC2)n1. The minimum absolute atomic E-state index is 0.588. The van der Waals surface area contributed by atoms with Crippen LogP contribution in [-0.4, -0.2) is 43.6 Å². The van der Waals surface area contributed by atoms with E-state index in [0.29, 0.717) is 6.54 Å². The van der Waals surface area contributed by atoms with Crippen molar-refractivity contribution in [3.05, 3.63) is 23.4 Å². The third-order valence-electron chi connectivity index (χ3n) is 4.28. The number of rotatable bonds is 5. The van der Waals surface area contributed by atoms with Gasteiger partial charge >= 0.3 is 0 Å². The molecule has 0 unspecified atom stereocenters. The fourth-order valence-corrected chi connectivity index (χ4v) is 2.85. The van der Waals surface area contributed by atoms with E-state index in [1.165, 1.54) is 31.5 Å². The molecular weight excluding hydrogens is 248 g/mol. The van der Waals surface area contributed by atoms with Gasteiger partial charge < -0.3 is 15.5 Å². The van der Waals surface area contributed by atoms with Crippen LogP contribution >= 0.6 is 0 Å². The molecule has 1 aromatic rings. The normalized spacial score (nSPS) is 17.4. The van der Waals surface area contributed by atoms with Crippen molar-refractivity contribution in [2.75, 3.05) is 38.6 Å². The molecule has 1 aliphatic heterocycles. The van der Waals surface area contributed by atoms with Gasteiger partial charge in [0.15, 0.2) is 0 Å². The third-order valence-corrected chi connectivity index (χ3v) is 4.28. The monoisotopic (exact) mass is 276 g/mol. The van der Waals surface area contributed by atoms with E-state index in [1.807, 2.05) is 0 Å². The zero-order chi connectivity index (χ0) is 14.5. The summed E-state index contributed by atoms with van der Waals surface area (Å²) >= 11 is 0. The van der Waals surface area contributed by atoms with Crippen LogP contribution in [0.15, 0.2) is 12.1 Å². The lowest BCUT2D eigenvalue weighted by Gasteiger charge is -2.32. The van der Waals surface area contributed by atoms with Gasteiger partial charge in [0, 0.05) is 25.8 Å². The van der Waals surface area contributed by atoms with Crippen molar-refractivity contribution in [1.29, 1.82) is 0 Å². The van der Waals surface area contributed by atoms with Gasteiger partial charge in [-0.15, -0.1) is 0 Å². The van der Waals surface area contributed by atoms with Crippen molar-refractivity contribution in [2.45, 2.75) is 32.7 Å². The van der Waals surface area contributed by atoms with Crippen LogP contribution in [0.3, 0.4) is 0 Å². The van der Waals surface area contributed by atoms with E-state index in [1.54, 1.807) is 0 Å². The van der Waals surface area contributed by atoms with Crippen molar-refractivity contribution >= 4 is 5.82 Å². The Balaban J connectivity index is 2.02. The first-order valence-corrected chi connectivity index (χ1v) is 7.72. The molecule has 2 N–H and O–H groups in total. The number of nitrogens with two attached hydrogens (primary N) is 1. The number of likely N-dealkylation sites (tertiary alicyclic amines) is 1. The predicted molar refractivity (Wildman–Crippen MR) is 85.0 cm³/mol. The molecule has 0 bridgehead atoms. The maximum absolute atomic E-state index is 5.79. The topological polar surface area (TPSA) is 45.4 Å². The highest BCUT2D eigenvalue weighted by Gasteiger charge is 2.19. The van der Waals surface area contributed by atoms with Gasteiger partial charge in [0.1, 0.15) is 5.82 Å². The van der Waals surface area contributed by atoms with Crippen LogP contribution in [0.1, 0.15) is 31.0 Å². The molecule has 0 saturated carbocycles. The van der Waals surface area contributed by atoms with Crippen molar-refractivity contribution in [3.63, 3.8) is 0 Å². The summed E-state index contributed by atoms with van der Waals surface area (Å²) in [5.41, 5.74) is 8.11. The van der Waals surface area contributed by atoms with E-state index in [9.17, 15) is 0 Å². The second kappa shape index (κ2) is 7.04. The molecule has 20 heavy (non-hydrogen) atoms. The van der Waals surface area contributed by atoms with E-state index < -0.39 is 0 Å². The Bertz CT molecular complexity index is 402. The van der Waals surface area contributed by atoms with Crippen molar-refractivity contribution in [2.24, 2.45) is 11.7 Å². The molecule has 2 rings (SSSR count). The smallest absolute Gasteiger partial charge is 0.128 e. The first-order valence-electron chi connectivity index (χ1n) is 7.72. The highest BCUT2D eigenvalue weighted by Crippen LogP contribution is 2.20. The molecule has 2 heterocycles. The highest BCUT2D eigenvalue weighted by molar-refractivity contribution is 5.42. The molecule has 1 saturated heterocycles. The van der Waals surface area contributed by atoms with E-state index in [4.69, 9.17) is 10.7 Å². The van der Waals surface area contributed by atoms with Crippen LogP contribution in [0.5, 0.6) is 0 Å². The van der Waals surface area contributed by atoms with Crippen molar-refractivity contribution < 1.29 is 0 Å². The molecule has 0 radical (unpaired) electrons. The molecule has 1 aromatic heterocycles. The molecule has 0 aromatic carbocycles. The molecule has 0 aliphatic carbocycles. The first kappa shape index (κ1) is 15.3. The summed E-state index contributed by atoms with van der Waals surface area (Å²) in [5, 5.41) is 0. The van der Waals surface area contributed by atoms with Gasteiger partial charge in [-0.1, -0.05) is 6.92 Å². The van der Waals surface area contributed by atoms with Gasteiger partial charge in [-0.05, 0) is 63.0 Å². The minimum Gasteiger partial charge on any atom is -0.359 e. The Morgan fingerprint density at radius 2 is 2.05 bits per heavy atom. The van der Waals surface area contributed by atoms with Gasteiger partial charge in [-0.3, -0.25) is 0 Å². The van der Waals surface area contributed by atoms with E-state index in [2.05, 4.69) is 43.0 Å². The maximum atomic E-state index is 5.79. The van der Waals surface area contributed by atoms with E-state index >= 15 is 0 Å². The molecule has 0 spiro atoms. The number of hydrogen-bond acceptors (Lipinski definition) is 4. The number of piperidine rings is 1. The van der Waals surface area contributed by atoms with E-state index in [-0.39, 0.29) is 0 Å². The summed E-state index contributed by atoms with van der Waals surface area (Å²) in [6.07, 6.45) is 3.54. The predicted octanol–water partition coefficient (Wildman–Crippen LogP) is 1.88. The highest BCUT2D eigenvalue weighted by atomic mass is 15.2. The molecule has 4 heteroatoms. The molecule has 4 nitrogen and oxygen atoms in total. The van der Waals surface area contributed by atoms with Crippen LogP contribution in [0, 0.1) is 5.92 Å². The second-order valence-corrected chi connectivity index (χ2v) is 6.01. The number of anilines is 1. The van der Waals surface area contributed by atoms with Gasteiger partial charge in [-0.25, -0.2) is 4.98 Å². The van der Waals surface area contributed by atoms with Crippen LogP contribution in [0.25, 0.3) is 0 Å². The average molecular weight is 276 g/mol. The summed E-state index contributed by atoms with van der Waals surface area (Å²) in [5.74, 6) is 1.85. The Kier molecular flexibility index (Phi) is 5.38. The summed E-state index contributed by atoms with van der Waals surface area (Å²) in [7, 11) is 4.36. The Labute approximate surface area is 123 Å². The lowest BCUT2D eigenvalue weighted by molar-refractivity contribution is 0.222. The van der Waals surface area contributed by atoms with Crippen LogP contribution in [-0.2, 0) is 13.0 Å². The standard InChI is InChI=1S/C16H28N4/c1-4-15-9-14(11-17)10-16(18-15)20(3)12-13-5-7-19(2)8-6-13/h9-10,13H,4-8,11-12,17H2,1-3H3. The van der Waals surface area contributed by atoms with Crippen LogP contribution in [0.4, 0.5) is 5.82 Å². The summed E-state index contributed by atoms with van der Waals surface area (Å²) in [4.78, 5) is 9.46. The Morgan fingerprint density at radius 3 is 2.65 bits per heavy atom. The molecule has 0 atom stereocenters. The zero-order valence-electron chi connectivity index (χ0n) is 13.1. The second-order valence-electron chi connectivity index (χ2n) is 6.01. The van der Waals surface area contributed by atoms with Crippen LogP contribution in [0.2, 0.25) is 0 Å². The number of hydrogen-bond donors (Lipinski definition) is 1. The third kappa shape index (κ3) is 3.93. The fraction of sp³-hybridized carbons (Fsp3) is 0.688. The lowest BCUT2D eigenvalue weighted by Crippen LogP contribution is -2.36. The molecule has 1 aliphatic rings. The number of aromatic nitrogens is 1. The quantitative estimate of drug-likeness (QED) is 0.892. The van der Waals surface area contributed by atoms with Gasteiger partial charge in [0.25, 0.3) is 0 Å². The van der Waals surface area contributed by atoms with Gasteiger partial charge in [0.05, 0.1) is 0 Å². The van der Waals surface area contributed by atoms with Gasteiger partial charge in [-0.2, -0.15) is 0 Å². The maximum Gasteiger partial charge on any atom is 0.128 e. The summed E-state index contributed by atoms with van der Waals surface area (Å²) in [6.45, 7) is 6.26. The molecule has 112 valence electrons. The Hall–Kier alpha value is -1.13. The average Bonchev–Trinajstić information content (AvgIpc) is 2.48. The zero-order valence-corrected chi connectivity index (χ0v) is 13.1.